The zero-order chi connectivity index (χ0) is 17.9. The van der Waals surface area contributed by atoms with Crippen LogP contribution in [0.3, 0.4) is 0 Å². The monoisotopic (exact) mass is 342 g/mol. The summed E-state index contributed by atoms with van der Waals surface area (Å²) in [7, 11) is 1.60. The highest BCUT2D eigenvalue weighted by Gasteiger charge is 2.05. The maximum Gasteiger partial charge on any atom is 0.146 e. The van der Waals surface area contributed by atoms with Crippen LogP contribution in [0.4, 0.5) is 22.7 Å². The fourth-order valence-corrected chi connectivity index (χ4v) is 2.35. The van der Waals surface area contributed by atoms with E-state index in [4.69, 9.17) is 20.9 Å². The number of benzene rings is 2. The molecule has 0 aliphatic heterocycles. The first-order valence-electron chi connectivity index (χ1n) is 8.13. The van der Waals surface area contributed by atoms with E-state index in [0.29, 0.717) is 25.4 Å². The van der Waals surface area contributed by atoms with E-state index in [2.05, 4.69) is 10.6 Å². The molecule has 0 bridgehead atoms. The Labute approximate surface area is 148 Å². The van der Waals surface area contributed by atoms with Gasteiger partial charge in [0.25, 0.3) is 0 Å². The lowest BCUT2D eigenvalue weighted by Crippen LogP contribution is -2.08. The standard InChI is InChI=1S/C19H26N4O2/c1-24-14-25-13-15-7-6-9-17(21)19(15)23-12-5-4-11-22-18-10-3-2-8-16(18)20/h2-10,22-23H,11-14,20-21H2,1H3/b5-4+. The SMILES string of the molecule is COCOCc1cccc(N)c1NC/C=C/CNc1ccccc1N. The number of rotatable bonds is 10. The molecule has 0 aliphatic carbocycles. The van der Waals surface area contributed by atoms with Gasteiger partial charge in [-0.1, -0.05) is 36.4 Å². The number of nitrogens with two attached hydrogens (primary N) is 2. The van der Waals surface area contributed by atoms with Gasteiger partial charge in [0.15, 0.2) is 0 Å². The number of ether oxygens (including phenoxy) is 2. The zero-order valence-corrected chi connectivity index (χ0v) is 14.5. The van der Waals surface area contributed by atoms with Crippen molar-refractivity contribution in [2.75, 3.05) is 49.1 Å². The minimum atomic E-state index is 0.252. The topological polar surface area (TPSA) is 94.6 Å². The van der Waals surface area contributed by atoms with Crippen molar-refractivity contribution in [2.45, 2.75) is 6.61 Å². The molecule has 0 unspecified atom stereocenters. The number of para-hydroxylation sites is 3. The van der Waals surface area contributed by atoms with Gasteiger partial charge in [0.05, 0.1) is 29.4 Å². The molecular weight excluding hydrogens is 316 g/mol. The quantitative estimate of drug-likeness (QED) is 0.229. The molecule has 6 nitrogen and oxygen atoms in total. The van der Waals surface area contributed by atoms with Crippen molar-refractivity contribution in [3.63, 3.8) is 0 Å². The molecule has 25 heavy (non-hydrogen) atoms. The van der Waals surface area contributed by atoms with E-state index in [1.54, 1.807) is 7.11 Å². The van der Waals surface area contributed by atoms with Crippen molar-refractivity contribution in [1.29, 1.82) is 0 Å². The maximum absolute atomic E-state index is 6.06. The van der Waals surface area contributed by atoms with Crippen LogP contribution in [0.2, 0.25) is 0 Å². The lowest BCUT2D eigenvalue weighted by molar-refractivity contribution is -0.0388. The van der Waals surface area contributed by atoms with E-state index in [1.807, 2.05) is 54.6 Å². The minimum Gasteiger partial charge on any atom is -0.397 e. The predicted octanol–water partition coefficient (Wildman–Crippen LogP) is 3.05. The number of anilines is 4. The first kappa shape index (κ1) is 18.6. The molecule has 0 amide bonds. The molecule has 134 valence electrons. The highest BCUT2D eigenvalue weighted by atomic mass is 16.7. The molecule has 0 saturated carbocycles. The maximum atomic E-state index is 6.06. The molecule has 0 heterocycles. The largest absolute Gasteiger partial charge is 0.397 e. The van der Waals surface area contributed by atoms with Gasteiger partial charge in [0, 0.05) is 25.8 Å². The second-order valence-corrected chi connectivity index (χ2v) is 5.46. The third-order valence-electron chi connectivity index (χ3n) is 3.58. The second kappa shape index (κ2) is 10.2. The van der Waals surface area contributed by atoms with Gasteiger partial charge in [-0.15, -0.1) is 0 Å². The fourth-order valence-electron chi connectivity index (χ4n) is 2.35. The summed E-state index contributed by atoms with van der Waals surface area (Å²) in [5, 5.41) is 6.60. The van der Waals surface area contributed by atoms with E-state index in [-0.39, 0.29) is 6.79 Å². The van der Waals surface area contributed by atoms with Crippen LogP contribution >= 0.6 is 0 Å². The molecule has 2 aromatic rings. The number of hydrogen-bond acceptors (Lipinski definition) is 6. The van der Waals surface area contributed by atoms with Crippen molar-refractivity contribution in [1.82, 2.24) is 0 Å². The average molecular weight is 342 g/mol. The second-order valence-electron chi connectivity index (χ2n) is 5.46. The number of nitrogen functional groups attached to an aromatic ring is 2. The lowest BCUT2D eigenvalue weighted by atomic mass is 10.1. The lowest BCUT2D eigenvalue weighted by Gasteiger charge is -2.13. The van der Waals surface area contributed by atoms with Gasteiger partial charge in [-0.25, -0.2) is 0 Å². The Morgan fingerprint density at radius 1 is 0.920 bits per heavy atom. The Morgan fingerprint density at radius 2 is 1.64 bits per heavy atom. The van der Waals surface area contributed by atoms with E-state index in [0.717, 1.165) is 22.6 Å². The van der Waals surface area contributed by atoms with Crippen molar-refractivity contribution >= 4 is 22.7 Å². The molecule has 0 aliphatic rings. The first-order chi connectivity index (χ1) is 12.2. The molecule has 0 atom stereocenters. The highest BCUT2D eigenvalue weighted by Crippen LogP contribution is 2.24. The molecule has 0 saturated heterocycles. The Bertz CT molecular complexity index is 689. The van der Waals surface area contributed by atoms with Crippen molar-refractivity contribution in [2.24, 2.45) is 0 Å². The molecule has 6 N–H and O–H groups in total. The molecule has 2 aromatic carbocycles. The Hall–Kier alpha value is -2.70. The first-order valence-corrected chi connectivity index (χ1v) is 8.13. The number of methoxy groups -OCH3 is 1. The smallest absolute Gasteiger partial charge is 0.146 e. The highest BCUT2D eigenvalue weighted by molar-refractivity contribution is 5.70. The molecule has 0 aromatic heterocycles. The van der Waals surface area contributed by atoms with E-state index in [9.17, 15) is 0 Å². The Morgan fingerprint density at radius 3 is 2.40 bits per heavy atom. The summed E-state index contributed by atoms with van der Waals surface area (Å²) in [6, 6.07) is 13.5. The van der Waals surface area contributed by atoms with Gasteiger partial charge in [-0.3, -0.25) is 0 Å². The zero-order valence-electron chi connectivity index (χ0n) is 14.5. The van der Waals surface area contributed by atoms with E-state index >= 15 is 0 Å². The molecule has 0 fully saturated rings. The summed E-state index contributed by atoms with van der Waals surface area (Å²) in [5.74, 6) is 0. The van der Waals surface area contributed by atoms with Crippen LogP contribution in [0, 0.1) is 0 Å². The van der Waals surface area contributed by atoms with Crippen molar-refractivity contribution in [3.8, 4) is 0 Å². The Kier molecular flexibility index (Phi) is 7.62. The Balaban J connectivity index is 1.81. The average Bonchev–Trinajstić information content (AvgIpc) is 2.61. The van der Waals surface area contributed by atoms with Gasteiger partial charge < -0.3 is 31.6 Å². The predicted molar refractivity (Wildman–Crippen MR) is 104 cm³/mol. The molecule has 0 radical (unpaired) electrons. The van der Waals surface area contributed by atoms with Crippen molar-refractivity contribution < 1.29 is 9.47 Å². The van der Waals surface area contributed by atoms with Crippen LogP contribution < -0.4 is 22.1 Å². The molecule has 2 rings (SSSR count). The van der Waals surface area contributed by atoms with E-state index in [1.165, 1.54) is 0 Å². The minimum absolute atomic E-state index is 0.252. The summed E-state index contributed by atoms with van der Waals surface area (Å²) < 4.78 is 10.3. The van der Waals surface area contributed by atoms with Crippen molar-refractivity contribution in [3.05, 3.63) is 60.2 Å². The van der Waals surface area contributed by atoms with Gasteiger partial charge in [0.1, 0.15) is 6.79 Å². The normalized spacial score (nSPS) is 10.9. The number of hydrogen-bond donors (Lipinski definition) is 4. The summed E-state index contributed by atoms with van der Waals surface area (Å²) in [5.41, 5.74) is 16.2. The van der Waals surface area contributed by atoms with Crippen LogP contribution in [0.1, 0.15) is 5.56 Å². The summed E-state index contributed by atoms with van der Waals surface area (Å²) in [6.07, 6.45) is 4.08. The van der Waals surface area contributed by atoms with Crippen LogP contribution in [0.25, 0.3) is 0 Å². The fraction of sp³-hybridized carbons (Fsp3) is 0.263. The summed E-state index contributed by atoms with van der Waals surface area (Å²) >= 11 is 0. The summed E-state index contributed by atoms with van der Waals surface area (Å²) in [6.45, 7) is 2.06. The molecule has 6 heteroatoms. The third kappa shape index (κ3) is 6.02. The molecule has 0 spiro atoms. The third-order valence-corrected chi connectivity index (χ3v) is 3.58. The number of nitrogens with one attached hydrogen (secondary N) is 2. The van der Waals surface area contributed by atoms with Crippen LogP contribution in [-0.2, 0) is 16.1 Å². The van der Waals surface area contributed by atoms with Gasteiger partial charge in [0.2, 0.25) is 0 Å². The van der Waals surface area contributed by atoms with Crippen LogP contribution in [0.5, 0.6) is 0 Å². The van der Waals surface area contributed by atoms with Crippen LogP contribution in [0.15, 0.2) is 54.6 Å². The van der Waals surface area contributed by atoms with E-state index < -0.39 is 0 Å². The summed E-state index contributed by atoms with van der Waals surface area (Å²) in [4.78, 5) is 0. The van der Waals surface area contributed by atoms with Gasteiger partial charge in [-0.2, -0.15) is 0 Å². The van der Waals surface area contributed by atoms with Crippen LogP contribution in [-0.4, -0.2) is 27.0 Å². The molecular formula is C19H26N4O2. The van der Waals surface area contributed by atoms with Gasteiger partial charge >= 0.3 is 0 Å². The van der Waals surface area contributed by atoms with Gasteiger partial charge in [-0.05, 0) is 18.2 Å².